The van der Waals surface area contributed by atoms with Crippen LogP contribution in [-0.4, -0.2) is 0 Å². The van der Waals surface area contributed by atoms with Gasteiger partial charge in [0.05, 0.1) is 0 Å². The maximum absolute atomic E-state index is 2.44. The molecule has 0 N–H and O–H groups in total. The lowest BCUT2D eigenvalue weighted by molar-refractivity contribution is 0.302. The summed E-state index contributed by atoms with van der Waals surface area (Å²) in [6.45, 7) is 4.87. The third kappa shape index (κ3) is 2.15. The molecule has 0 aromatic carbocycles. The molecule has 0 heterocycles. The molecule has 0 radical (unpaired) electrons. The Morgan fingerprint density at radius 3 is 2.38 bits per heavy atom. The van der Waals surface area contributed by atoms with Gasteiger partial charge in [-0.05, 0) is 49.4 Å². The van der Waals surface area contributed by atoms with Crippen molar-refractivity contribution in [2.24, 2.45) is 23.7 Å². The molecule has 0 amide bonds. The van der Waals surface area contributed by atoms with Crippen LogP contribution in [0.25, 0.3) is 0 Å². The van der Waals surface area contributed by atoms with Gasteiger partial charge in [-0.3, -0.25) is 0 Å². The minimum atomic E-state index is 0.952. The number of rotatable bonds is 1. The summed E-state index contributed by atoms with van der Waals surface area (Å²) < 4.78 is 0. The van der Waals surface area contributed by atoms with Crippen LogP contribution >= 0.6 is 0 Å². The Labute approximate surface area is 82.4 Å². The minimum absolute atomic E-state index is 0.952. The van der Waals surface area contributed by atoms with Crippen molar-refractivity contribution in [3.63, 3.8) is 0 Å². The Morgan fingerprint density at radius 2 is 1.77 bits per heavy atom. The van der Waals surface area contributed by atoms with Crippen LogP contribution in [0.15, 0.2) is 12.2 Å². The van der Waals surface area contributed by atoms with Gasteiger partial charge in [0.25, 0.3) is 0 Å². The first-order chi connectivity index (χ1) is 6.25. The first-order valence-electron chi connectivity index (χ1n) is 5.92. The molecule has 0 aliphatic heterocycles. The quantitative estimate of drug-likeness (QED) is 0.420. The summed E-state index contributed by atoms with van der Waals surface area (Å²) in [5.74, 6) is 3.92. The largest absolute Gasteiger partial charge is 0.0876 e. The Kier molecular flexibility index (Phi) is 2.76. The van der Waals surface area contributed by atoms with Crippen molar-refractivity contribution < 1.29 is 0 Å². The van der Waals surface area contributed by atoms with Gasteiger partial charge in [0.15, 0.2) is 0 Å². The van der Waals surface area contributed by atoms with Gasteiger partial charge in [0.2, 0.25) is 0 Å². The third-order valence-electron chi connectivity index (χ3n) is 3.94. The van der Waals surface area contributed by atoms with E-state index in [1.54, 1.807) is 0 Å². The van der Waals surface area contributed by atoms with E-state index in [2.05, 4.69) is 26.0 Å². The van der Waals surface area contributed by atoms with Crippen molar-refractivity contribution >= 4 is 0 Å². The average Bonchev–Trinajstić information content (AvgIpc) is 2.09. The van der Waals surface area contributed by atoms with Crippen LogP contribution in [0, 0.1) is 23.7 Å². The Bertz CT molecular complexity index is 192. The molecule has 4 unspecified atom stereocenters. The molecule has 1 saturated carbocycles. The SMILES string of the molecule is CC1CCC(C2C=CC2)CC(C)C1. The van der Waals surface area contributed by atoms with Gasteiger partial charge in [-0.15, -0.1) is 0 Å². The van der Waals surface area contributed by atoms with Gasteiger partial charge in [-0.1, -0.05) is 32.4 Å². The smallest absolute Gasteiger partial charge is 0.0170 e. The Hall–Kier alpha value is -0.260. The maximum Gasteiger partial charge on any atom is -0.0170 e. The van der Waals surface area contributed by atoms with E-state index in [1.165, 1.54) is 32.1 Å². The van der Waals surface area contributed by atoms with E-state index in [-0.39, 0.29) is 0 Å². The van der Waals surface area contributed by atoms with Crippen LogP contribution in [-0.2, 0) is 0 Å². The zero-order chi connectivity index (χ0) is 9.26. The lowest BCUT2D eigenvalue weighted by atomic mass is 9.77. The molecular formula is C13H22. The fourth-order valence-electron chi connectivity index (χ4n) is 3.07. The highest BCUT2D eigenvalue weighted by molar-refractivity contribution is 5.04. The molecule has 2 rings (SSSR count). The van der Waals surface area contributed by atoms with E-state index in [0.717, 1.165) is 23.7 Å². The molecule has 0 nitrogen and oxygen atoms in total. The lowest BCUT2D eigenvalue weighted by Gasteiger charge is -2.28. The zero-order valence-corrected chi connectivity index (χ0v) is 9.00. The average molecular weight is 178 g/mol. The fourth-order valence-corrected chi connectivity index (χ4v) is 3.07. The summed E-state index contributed by atoms with van der Waals surface area (Å²) in [6, 6.07) is 0. The van der Waals surface area contributed by atoms with Crippen LogP contribution in [0.1, 0.15) is 46.0 Å². The maximum atomic E-state index is 2.44. The molecule has 0 heteroatoms. The number of hydrogen-bond acceptors (Lipinski definition) is 0. The molecule has 0 spiro atoms. The third-order valence-corrected chi connectivity index (χ3v) is 3.94. The molecular weight excluding hydrogens is 156 g/mol. The molecule has 0 aromatic heterocycles. The van der Waals surface area contributed by atoms with Crippen LogP contribution in [0.4, 0.5) is 0 Å². The van der Waals surface area contributed by atoms with Crippen molar-refractivity contribution in [1.29, 1.82) is 0 Å². The molecule has 13 heavy (non-hydrogen) atoms. The Balaban J connectivity index is 1.92. The first-order valence-corrected chi connectivity index (χ1v) is 5.92. The van der Waals surface area contributed by atoms with E-state index in [4.69, 9.17) is 0 Å². The van der Waals surface area contributed by atoms with Crippen molar-refractivity contribution in [1.82, 2.24) is 0 Å². The molecule has 2 aliphatic carbocycles. The van der Waals surface area contributed by atoms with Crippen molar-refractivity contribution in [2.45, 2.75) is 46.0 Å². The summed E-state index contributed by atoms with van der Waals surface area (Å²) in [7, 11) is 0. The summed E-state index contributed by atoms with van der Waals surface area (Å²) in [4.78, 5) is 0. The van der Waals surface area contributed by atoms with Gasteiger partial charge in [-0.2, -0.15) is 0 Å². The summed E-state index contributed by atoms with van der Waals surface area (Å²) in [5, 5.41) is 0. The Morgan fingerprint density at radius 1 is 1.00 bits per heavy atom. The zero-order valence-electron chi connectivity index (χ0n) is 9.00. The van der Waals surface area contributed by atoms with Gasteiger partial charge < -0.3 is 0 Å². The fraction of sp³-hybridized carbons (Fsp3) is 0.846. The minimum Gasteiger partial charge on any atom is -0.0876 e. The van der Waals surface area contributed by atoms with Gasteiger partial charge in [0.1, 0.15) is 0 Å². The highest BCUT2D eigenvalue weighted by Crippen LogP contribution is 2.39. The monoisotopic (exact) mass is 178 g/mol. The summed E-state index contributed by atoms with van der Waals surface area (Å²) in [5.41, 5.74) is 0. The van der Waals surface area contributed by atoms with Gasteiger partial charge in [-0.25, -0.2) is 0 Å². The predicted molar refractivity (Wildman–Crippen MR) is 57.5 cm³/mol. The highest BCUT2D eigenvalue weighted by atomic mass is 14.3. The summed E-state index contributed by atoms with van der Waals surface area (Å²) >= 11 is 0. The van der Waals surface area contributed by atoms with Crippen LogP contribution in [0.5, 0.6) is 0 Å². The van der Waals surface area contributed by atoms with Crippen molar-refractivity contribution in [3.05, 3.63) is 12.2 Å². The van der Waals surface area contributed by atoms with E-state index in [0.29, 0.717) is 0 Å². The second-order valence-corrected chi connectivity index (χ2v) is 5.35. The molecule has 0 bridgehead atoms. The molecule has 2 aliphatic rings. The van der Waals surface area contributed by atoms with E-state index in [9.17, 15) is 0 Å². The van der Waals surface area contributed by atoms with Crippen molar-refractivity contribution in [3.8, 4) is 0 Å². The van der Waals surface area contributed by atoms with Crippen LogP contribution in [0.3, 0.4) is 0 Å². The topological polar surface area (TPSA) is 0 Å². The molecule has 4 atom stereocenters. The predicted octanol–water partition coefficient (Wildman–Crippen LogP) is 4.02. The highest BCUT2D eigenvalue weighted by Gasteiger charge is 2.27. The lowest BCUT2D eigenvalue weighted by Crippen LogP contribution is -2.17. The van der Waals surface area contributed by atoms with Gasteiger partial charge in [0, 0.05) is 0 Å². The second-order valence-electron chi connectivity index (χ2n) is 5.35. The first kappa shape index (κ1) is 9.30. The molecule has 0 aromatic rings. The summed E-state index contributed by atoms with van der Waals surface area (Å²) in [6.07, 6.45) is 12.1. The van der Waals surface area contributed by atoms with Crippen LogP contribution < -0.4 is 0 Å². The normalized spacial score (nSPS) is 45.4. The molecule has 1 fully saturated rings. The molecule has 0 saturated heterocycles. The standard InChI is InChI=1S/C13H22/c1-10-6-7-13(9-11(2)8-10)12-4-3-5-12/h3-4,10-13H,5-9H2,1-2H3. The van der Waals surface area contributed by atoms with E-state index < -0.39 is 0 Å². The van der Waals surface area contributed by atoms with E-state index >= 15 is 0 Å². The van der Waals surface area contributed by atoms with Gasteiger partial charge >= 0.3 is 0 Å². The number of allylic oxidation sites excluding steroid dienone is 2. The molecule has 74 valence electrons. The van der Waals surface area contributed by atoms with E-state index in [1.807, 2.05) is 0 Å². The second kappa shape index (κ2) is 3.86. The van der Waals surface area contributed by atoms with Crippen molar-refractivity contribution in [2.75, 3.05) is 0 Å². The number of hydrogen-bond donors (Lipinski definition) is 0. The van der Waals surface area contributed by atoms with Crippen LogP contribution in [0.2, 0.25) is 0 Å².